The van der Waals surface area contributed by atoms with E-state index < -0.39 is 5.97 Å². The van der Waals surface area contributed by atoms with Gasteiger partial charge in [-0.05, 0) is 37.5 Å². The number of aryl methyl sites for hydroxylation is 1. The van der Waals surface area contributed by atoms with Gasteiger partial charge in [0.2, 0.25) is 0 Å². The largest absolute Gasteiger partial charge is 0.506 e. The summed E-state index contributed by atoms with van der Waals surface area (Å²) in [6.45, 7) is 4.18. The predicted octanol–water partition coefficient (Wildman–Crippen LogP) is 3.71. The lowest BCUT2D eigenvalue weighted by Crippen LogP contribution is -2.06. The third-order valence-corrected chi connectivity index (χ3v) is 4.21. The van der Waals surface area contributed by atoms with Crippen LogP contribution in [0.3, 0.4) is 0 Å². The van der Waals surface area contributed by atoms with E-state index in [0.29, 0.717) is 27.3 Å². The van der Waals surface area contributed by atoms with Crippen LogP contribution in [-0.2, 0) is 11.2 Å². The summed E-state index contributed by atoms with van der Waals surface area (Å²) in [5.74, 6) is -0.246. The number of rotatable bonds is 5. The molecule has 1 aromatic carbocycles. The summed E-state index contributed by atoms with van der Waals surface area (Å²) in [5, 5.41) is 11.2. The molecule has 5 heteroatoms. The minimum Gasteiger partial charge on any atom is -0.506 e. The Morgan fingerprint density at radius 2 is 2.15 bits per heavy atom. The Labute approximate surface area is 122 Å². The number of anilines is 1. The number of esters is 1. The predicted molar refractivity (Wildman–Crippen MR) is 82.5 cm³/mol. The van der Waals surface area contributed by atoms with Gasteiger partial charge in [-0.15, -0.1) is 11.3 Å². The van der Waals surface area contributed by atoms with E-state index in [1.54, 1.807) is 13.0 Å². The maximum Gasteiger partial charge on any atom is 0.341 e. The molecule has 0 radical (unpaired) electrons. The Morgan fingerprint density at radius 3 is 2.80 bits per heavy atom. The molecule has 1 heterocycles. The van der Waals surface area contributed by atoms with Crippen LogP contribution in [0.4, 0.5) is 5.00 Å². The van der Waals surface area contributed by atoms with E-state index in [4.69, 9.17) is 10.5 Å². The van der Waals surface area contributed by atoms with Gasteiger partial charge < -0.3 is 15.6 Å². The molecule has 0 amide bonds. The Kier molecular flexibility index (Phi) is 4.49. The fourth-order valence-corrected chi connectivity index (χ4v) is 3.15. The van der Waals surface area contributed by atoms with Gasteiger partial charge in [0, 0.05) is 5.39 Å². The van der Waals surface area contributed by atoms with Crippen molar-refractivity contribution in [3.8, 4) is 5.75 Å². The number of nitrogens with two attached hydrogens (primary N) is 1. The highest BCUT2D eigenvalue weighted by Gasteiger charge is 2.20. The van der Waals surface area contributed by atoms with Crippen molar-refractivity contribution in [1.82, 2.24) is 0 Å². The SMILES string of the molecule is CCCCc1cc(O)c2sc(N)c(C(=O)OCC)c2c1. The van der Waals surface area contributed by atoms with Crippen molar-refractivity contribution in [3.63, 3.8) is 0 Å². The summed E-state index contributed by atoms with van der Waals surface area (Å²) in [4.78, 5) is 12.0. The van der Waals surface area contributed by atoms with Gasteiger partial charge in [-0.1, -0.05) is 13.3 Å². The first-order valence-corrected chi connectivity index (χ1v) is 7.61. The van der Waals surface area contributed by atoms with Gasteiger partial charge >= 0.3 is 5.97 Å². The number of benzene rings is 1. The molecular formula is C15H19NO3S. The highest BCUT2D eigenvalue weighted by atomic mass is 32.1. The van der Waals surface area contributed by atoms with Crippen molar-refractivity contribution >= 4 is 32.4 Å². The molecule has 108 valence electrons. The molecule has 3 N–H and O–H groups in total. The minimum absolute atomic E-state index is 0.181. The molecule has 2 rings (SSSR count). The lowest BCUT2D eigenvalue weighted by Gasteiger charge is -2.05. The van der Waals surface area contributed by atoms with Crippen LogP contribution in [0.5, 0.6) is 5.75 Å². The van der Waals surface area contributed by atoms with Crippen LogP contribution >= 0.6 is 11.3 Å². The van der Waals surface area contributed by atoms with Gasteiger partial charge in [-0.25, -0.2) is 4.79 Å². The average Bonchev–Trinajstić information content (AvgIpc) is 2.73. The first-order chi connectivity index (χ1) is 9.58. The number of ether oxygens (including phenoxy) is 1. The second-order valence-electron chi connectivity index (χ2n) is 4.66. The molecule has 0 aliphatic rings. The van der Waals surface area contributed by atoms with Crippen LogP contribution in [0, 0.1) is 0 Å². The van der Waals surface area contributed by atoms with Gasteiger partial charge in [0.25, 0.3) is 0 Å². The zero-order valence-corrected chi connectivity index (χ0v) is 12.5. The fraction of sp³-hybridized carbons (Fsp3) is 0.400. The first-order valence-electron chi connectivity index (χ1n) is 6.79. The summed E-state index contributed by atoms with van der Waals surface area (Å²) in [6.07, 6.45) is 2.99. The molecular weight excluding hydrogens is 274 g/mol. The molecule has 0 fully saturated rings. The highest BCUT2D eigenvalue weighted by molar-refractivity contribution is 7.23. The van der Waals surface area contributed by atoms with E-state index in [2.05, 4.69) is 6.92 Å². The third kappa shape index (κ3) is 2.72. The Bertz CT molecular complexity index is 634. The number of nitrogen functional groups attached to an aromatic ring is 1. The van der Waals surface area contributed by atoms with E-state index >= 15 is 0 Å². The highest BCUT2D eigenvalue weighted by Crippen LogP contribution is 2.40. The number of carbonyl (C=O) groups excluding carboxylic acids is 1. The fourth-order valence-electron chi connectivity index (χ4n) is 2.20. The molecule has 20 heavy (non-hydrogen) atoms. The van der Waals surface area contributed by atoms with Crippen LogP contribution in [0.15, 0.2) is 12.1 Å². The third-order valence-electron chi connectivity index (χ3n) is 3.16. The van der Waals surface area contributed by atoms with Gasteiger partial charge in [0.05, 0.1) is 11.3 Å². The zero-order valence-electron chi connectivity index (χ0n) is 11.7. The summed E-state index contributed by atoms with van der Waals surface area (Å²) < 4.78 is 5.69. The van der Waals surface area contributed by atoms with Gasteiger partial charge in [0.15, 0.2) is 0 Å². The average molecular weight is 293 g/mol. The smallest absolute Gasteiger partial charge is 0.341 e. The summed E-state index contributed by atoms with van der Waals surface area (Å²) in [6, 6.07) is 3.69. The topological polar surface area (TPSA) is 72.5 Å². The molecule has 0 saturated carbocycles. The Morgan fingerprint density at radius 1 is 1.40 bits per heavy atom. The maximum absolute atomic E-state index is 12.0. The molecule has 4 nitrogen and oxygen atoms in total. The van der Waals surface area contributed by atoms with Crippen LogP contribution in [0.1, 0.15) is 42.6 Å². The lowest BCUT2D eigenvalue weighted by molar-refractivity contribution is 0.0530. The van der Waals surface area contributed by atoms with Crippen LogP contribution in [-0.4, -0.2) is 17.7 Å². The number of hydrogen-bond donors (Lipinski definition) is 2. The summed E-state index contributed by atoms with van der Waals surface area (Å²) >= 11 is 1.22. The van der Waals surface area contributed by atoms with Gasteiger partial charge in [-0.2, -0.15) is 0 Å². The Balaban J connectivity index is 2.54. The number of unbranched alkanes of at least 4 members (excludes halogenated alkanes) is 1. The van der Waals surface area contributed by atoms with Gasteiger partial charge in [-0.3, -0.25) is 0 Å². The molecule has 0 aliphatic carbocycles. The number of fused-ring (bicyclic) bond motifs is 1. The molecule has 0 saturated heterocycles. The van der Waals surface area contributed by atoms with E-state index in [9.17, 15) is 9.90 Å². The standard InChI is InChI=1S/C15H19NO3S/c1-3-5-6-9-7-10-12(15(18)19-4-2)14(16)20-13(10)11(17)8-9/h7-8,17H,3-6,16H2,1-2H3. The lowest BCUT2D eigenvalue weighted by atomic mass is 10.0. The second-order valence-corrected chi connectivity index (χ2v) is 5.71. The number of phenolic OH excluding ortho intramolecular Hbond substituents is 1. The van der Waals surface area contributed by atoms with Crippen LogP contribution in [0.2, 0.25) is 0 Å². The summed E-state index contributed by atoms with van der Waals surface area (Å²) in [7, 11) is 0. The molecule has 0 unspecified atom stereocenters. The van der Waals surface area contributed by atoms with Crippen molar-refractivity contribution in [2.75, 3.05) is 12.3 Å². The van der Waals surface area contributed by atoms with E-state index in [1.165, 1.54) is 11.3 Å². The second kappa shape index (κ2) is 6.13. The molecule has 0 bridgehead atoms. The van der Waals surface area contributed by atoms with Crippen molar-refractivity contribution in [2.45, 2.75) is 33.1 Å². The zero-order chi connectivity index (χ0) is 14.7. The number of aromatic hydroxyl groups is 1. The van der Waals surface area contributed by atoms with Crippen molar-refractivity contribution in [2.24, 2.45) is 0 Å². The number of thiophene rings is 1. The Hall–Kier alpha value is -1.75. The van der Waals surface area contributed by atoms with Gasteiger partial charge in [0.1, 0.15) is 16.3 Å². The minimum atomic E-state index is -0.428. The van der Waals surface area contributed by atoms with E-state index in [1.807, 2.05) is 6.07 Å². The summed E-state index contributed by atoms with van der Waals surface area (Å²) in [5.41, 5.74) is 7.30. The van der Waals surface area contributed by atoms with Crippen LogP contribution < -0.4 is 5.73 Å². The van der Waals surface area contributed by atoms with Crippen molar-refractivity contribution < 1.29 is 14.6 Å². The van der Waals surface area contributed by atoms with E-state index in [0.717, 1.165) is 24.8 Å². The normalized spacial score (nSPS) is 10.9. The first kappa shape index (κ1) is 14.7. The number of hydrogen-bond acceptors (Lipinski definition) is 5. The number of carbonyl (C=O) groups is 1. The molecule has 0 spiro atoms. The van der Waals surface area contributed by atoms with Crippen molar-refractivity contribution in [1.29, 1.82) is 0 Å². The molecule has 0 aliphatic heterocycles. The molecule has 1 aromatic heterocycles. The molecule has 0 atom stereocenters. The van der Waals surface area contributed by atoms with Crippen molar-refractivity contribution in [3.05, 3.63) is 23.3 Å². The monoisotopic (exact) mass is 293 g/mol. The molecule has 2 aromatic rings. The quantitative estimate of drug-likeness (QED) is 0.824. The van der Waals surface area contributed by atoms with E-state index in [-0.39, 0.29) is 5.75 Å². The number of phenols is 1. The maximum atomic E-state index is 12.0. The van der Waals surface area contributed by atoms with Crippen LogP contribution in [0.25, 0.3) is 10.1 Å².